The largest absolute Gasteiger partial charge is 0.496 e. The van der Waals surface area contributed by atoms with Gasteiger partial charge in [0.05, 0.1) is 14.2 Å². The normalized spacial score (nSPS) is 15.5. The van der Waals surface area contributed by atoms with Gasteiger partial charge in [-0.1, -0.05) is 25.0 Å². The second-order valence-corrected chi connectivity index (χ2v) is 6.49. The molecule has 0 radical (unpaired) electrons. The quantitative estimate of drug-likeness (QED) is 0.716. The first kappa shape index (κ1) is 15.2. The van der Waals surface area contributed by atoms with E-state index < -0.39 is 0 Å². The third kappa shape index (κ3) is 3.20. The Morgan fingerprint density at radius 1 is 1.00 bits per heavy atom. The fraction of sp³-hybridized carbons (Fsp3) is 0.368. The molecule has 1 heterocycles. The minimum absolute atomic E-state index is 0.569. The number of rotatable bonds is 5. The molecule has 0 atom stereocenters. The van der Waals surface area contributed by atoms with Gasteiger partial charge in [-0.05, 0) is 58.8 Å². The Morgan fingerprint density at radius 2 is 1.64 bits per heavy atom. The van der Waals surface area contributed by atoms with E-state index in [1.54, 1.807) is 25.6 Å². The zero-order valence-corrected chi connectivity index (χ0v) is 14.0. The van der Waals surface area contributed by atoms with Crippen molar-refractivity contribution in [1.82, 2.24) is 0 Å². The molecule has 1 aliphatic carbocycles. The summed E-state index contributed by atoms with van der Waals surface area (Å²) in [4.78, 5) is 0. The van der Waals surface area contributed by atoms with Crippen LogP contribution in [0.1, 0.15) is 48.3 Å². The molecule has 3 heteroatoms. The van der Waals surface area contributed by atoms with E-state index in [-0.39, 0.29) is 0 Å². The smallest absolute Gasteiger partial charge is 0.126 e. The molecule has 0 amide bonds. The summed E-state index contributed by atoms with van der Waals surface area (Å²) in [5.41, 5.74) is 3.58. The topological polar surface area (TPSA) is 18.5 Å². The molecule has 1 aromatic carbocycles. The molecule has 2 nitrogen and oxygen atoms in total. The summed E-state index contributed by atoms with van der Waals surface area (Å²) in [5.74, 6) is 2.48. The standard InChI is InChI=1S/C19H22O2S/c1-20-17-11-15(8-7-14-9-10-22-13-14)12-18(21-2)19(17)16-5-3-4-6-16/h7-13,16H,3-6H2,1-2H3. The SMILES string of the molecule is COc1cc(C=Cc2ccsc2)cc(OC)c1C1CCCC1. The van der Waals surface area contributed by atoms with E-state index in [0.29, 0.717) is 5.92 Å². The molecule has 1 aromatic heterocycles. The molecule has 1 fully saturated rings. The van der Waals surface area contributed by atoms with Crippen molar-refractivity contribution in [3.05, 3.63) is 45.6 Å². The van der Waals surface area contributed by atoms with E-state index >= 15 is 0 Å². The second-order valence-electron chi connectivity index (χ2n) is 5.71. The van der Waals surface area contributed by atoms with Crippen LogP contribution in [0.3, 0.4) is 0 Å². The van der Waals surface area contributed by atoms with Gasteiger partial charge in [0, 0.05) is 5.56 Å². The van der Waals surface area contributed by atoms with Crippen LogP contribution in [0, 0.1) is 0 Å². The Balaban J connectivity index is 1.95. The fourth-order valence-electron chi connectivity index (χ4n) is 3.23. The number of ether oxygens (including phenoxy) is 2. The molecule has 0 N–H and O–H groups in total. The van der Waals surface area contributed by atoms with Crippen LogP contribution >= 0.6 is 11.3 Å². The van der Waals surface area contributed by atoms with Crippen molar-refractivity contribution in [2.24, 2.45) is 0 Å². The van der Waals surface area contributed by atoms with Crippen molar-refractivity contribution in [3.63, 3.8) is 0 Å². The summed E-state index contributed by atoms with van der Waals surface area (Å²) in [6.45, 7) is 0. The average Bonchev–Trinajstić information content (AvgIpc) is 3.25. The van der Waals surface area contributed by atoms with E-state index in [1.807, 2.05) is 0 Å². The third-order valence-corrected chi connectivity index (χ3v) is 5.04. The lowest BCUT2D eigenvalue weighted by molar-refractivity contribution is 0.378. The summed E-state index contributed by atoms with van der Waals surface area (Å²) >= 11 is 1.71. The average molecular weight is 314 g/mol. The van der Waals surface area contributed by atoms with Gasteiger partial charge in [0.25, 0.3) is 0 Å². The van der Waals surface area contributed by atoms with Gasteiger partial charge >= 0.3 is 0 Å². The molecule has 0 aliphatic heterocycles. The van der Waals surface area contributed by atoms with Crippen LogP contribution in [0.4, 0.5) is 0 Å². The van der Waals surface area contributed by atoms with Gasteiger partial charge in [-0.3, -0.25) is 0 Å². The van der Waals surface area contributed by atoms with Gasteiger partial charge in [-0.25, -0.2) is 0 Å². The zero-order valence-electron chi connectivity index (χ0n) is 13.2. The van der Waals surface area contributed by atoms with E-state index in [0.717, 1.165) is 17.1 Å². The van der Waals surface area contributed by atoms with Crippen molar-refractivity contribution >= 4 is 23.5 Å². The molecule has 22 heavy (non-hydrogen) atoms. The van der Waals surface area contributed by atoms with Crippen LogP contribution < -0.4 is 9.47 Å². The monoisotopic (exact) mass is 314 g/mol. The van der Waals surface area contributed by atoms with Gasteiger partial charge in [0.2, 0.25) is 0 Å². The molecule has 0 spiro atoms. The molecule has 116 valence electrons. The first-order chi connectivity index (χ1) is 10.8. The van der Waals surface area contributed by atoms with Crippen molar-refractivity contribution in [1.29, 1.82) is 0 Å². The number of hydrogen-bond donors (Lipinski definition) is 0. The van der Waals surface area contributed by atoms with Crippen LogP contribution in [0.25, 0.3) is 12.2 Å². The highest BCUT2D eigenvalue weighted by atomic mass is 32.1. The predicted molar refractivity (Wildman–Crippen MR) is 94.0 cm³/mol. The molecule has 1 aliphatic rings. The Bertz CT molecular complexity index is 612. The highest BCUT2D eigenvalue weighted by Crippen LogP contribution is 2.44. The Hall–Kier alpha value is -1.74. The first-order valence-corrected chi connectivity index (χ1v) is 8.72. The highest BCUT2D eigenvalue weighted by molar-refractivity contribution is 7.08. The maximum Gasteiger partial charge on any atom is 0.126 e. The van der Waals surface area contributed by atoms with Gasteiger partial charge in [0.1, 0.15) is 11.5 Å². The molecular formula is C19H22O2S. The first-order valence-electron chi connectivity index (χ1n) is 7.78. The molecule has 3 rings (SSSR count). The Morgan fingerprint density at radius 3 is 2.18 bits per heavy atom. The summed E-state index contributed by atoms with van der Waals surface area (Å²) in [6, 6.07) is 6.36. The van der Waals surface area contributed by atoms with Crippen LogP contribution in [0.5, 0.6) is 11.5 Å². The summed E-state index contributed by atoms with van der Waals surface area (Å²) in [6.07, 6.45) is 9.31. The van der Waals surface area contributed by atoms with Crippen molar-refractivity contribution < 1.29 is 9.47 Å². The predicted octanol–water partition coefficient (Wildman–Crippen LogP) is 5.59. The molecule has 1 saturated carbocycles. The van der Waals surface area contributed by atoms with Crippen molar-refractivity contribution in [3.8, 4) is 11.5 Å². The van der Waals surface area contributed by atoms with Gasteiger partial charge < -0.3 is 9.47 Å². The number of benzene rings is 1. The van der Waals surface area contributed by atoms with Gasteiger partial charge in [-0.15, -0.1) is 0 Å². The maximum absolute atomic E-state index is 5.67. The van der Waals surface area contributed by atoms with E-state index in [1.165, 1.54) is 36.8 Å². The fourth-order valence-corrected chi connectivity index (χ4v) is 3.86. The molecule has 0 unspecified atom stereocenters. The van der Waals surface area contributed by atoms with E-state index in [9.17, 15) is 0 Å². The van der Waals surface area contributed by atoms with Crippen molar-refractivity contribution in [2.75, 3.05) is 14.2 Å². The number of thiophene rings is 1. The molecule has 2 aromatic rings. The maximum atomic E-state index is 5.67. The number of methoxy groups -OCH3 is 2. The molecule has 0 bridgehead atoms. The van der Waals surface area contributed by atoms with Crippen LogP contribution in [-0.2, 0) is 0 Å². The lowest BCUT2D eigenvalue weighted by Gasteiger charge is -2.19. The molecular weight excluding hydrogens is 292 g/mol. The van der Waals surface area contributed by atoms with Crippen LogP contribution in [0.15, 0.2) is 29.0 Å². The van der Waals surface area contributed by atoms with Crippen molar-refractivity contribution in [2.45, 2.75) is 31.6 Å². The lowest BCUT2D eigenvalue weighted by Crippen LogP contribution is -2.01. The summed E-state index contributed by atoms with van der Waals surface area (Å²) < 4.78 is 11.3. The number of hydrogen-bond acceptors (Lipinski definition) is 3. The Kier molecular flexibility index (Phi) is 4.84. The Labute approximate surface area is 136 Å². The zero-order chi connectivity index (χ0) is 15.4. The molecule has 0 saturated heterocycles. The third-order valence-electron chi connectivity index (χ3n) is 4.34. The second kappa shape index (κ2) is 7.01. The van der Waals surface area contributed by atoms with Gasteiger partial charge in [0.15, 0.2) is 0 Å². The highest BCUT2D eigenvalue weighted by Gasteiger charge is 2.24. The minimum Gasteiger partial charge on any atom is -0.496 e. The van der Waals surface area contributed by atoms with E-state index in [4.69, 9.17) is 9.47 Å². The summed E-state index contributed by atoms with van der Waals surface area (Å²) in [7, 11) is 3.50. The van der Waals surface area contributed by atoms with Crippen LogP contribution in [-0.4, -0.2) is 14.2 Å². The van der Waals surface area contributed by atoms with Gasteiger partial charge in [-0.2, -0.15) is 11.3 Å². The minimum atomic E-state index is 0.569. The van der Waals surface area contributed by atoms with E-state index in [2.05, 4.69) is 41.1 Å². The lowest BCUT2D eigenvalue weighted by atomic mass is 9.94. The van der Waals surface area contributed by atoms with Crippen LogP contribution in [0.2, 0.25) is 0 Å². The summed E-state index contributed by atoms with van der Waals surface area (Å²) in [5, 5.41) is 4.22.